The van der Waals surface area contributed by atoms with Crippen LogP contribution in [0.1, 0.15) is 51.9 Å². The van der Waals surface area contributed by atoms with E-state index in [1.807, 2.05) is 0 Å². The number of hydrogen-bond acceptors (Lipinski definition) is 4. The molecular weight excluding hydrogens is 284 g/mol. The maximum Gasteiger partial charge on any atom is 0.310 e. The molecule has 0 fully saturated rings. The molecule has 0 aromatic carbocycles. The van der Waals surface area contributed by atoms with Crippen molar-refractivity contribution in [2.75, 3.05) is 20.7 Å². The van der Waals surface area contributed by atoms with E-state index in [1.54, 1.807) is 20.9 Å². The van der Waals surface area contributed by atoms with E-state index in [4.69, 9.17) is 0 Å². The summed E-state index contributed by atoms with van der Waals surface area (Å²) in [6, 6.07) is 0. The second-order valence-corrected chi connectivity index (χ2v) is 5.87. The third-order valence-electron chi connectivity index (χ3n) is 4.15. The molecule has 0 aliphatic heterocycles. The fraction of sp³-hybridized carbons (Fsp3) is 0.562. The van der Waals surface area contributed by atoms with Crippen LogP contribution in [-0.2, 0) is 16.0 Å². The van der Waals surface area contributed by atoms with E-state index in [0.717, 1.165) is 18.5 Å². The van der Waals surface area contributed by atoms with Gasteiger partial charge in [0.25, 0.3) is 5.91 Å². The number of esters is 1. The van der Waals surface area contributed by atoms with Crippen LogP contribution in [0.5, 0.6) is 0 Å². The minimum Gasteiger partial charge on any atom is -0.469 e. The Balaban J connectivity index is 2.20. The quantitative estimate of drug-likeness (QED) is 0.859. The first-order valence-electron chi connectivity index (χ1n) is 7.44. The molecule has 6 heteroatoms. The predicted molar refractivity (Wildman–Crippen MR) is 80.9 cm³/mol. The number of carbonyl (C=O) groups is 3. The van der Waals surface area contributed by atoms with E-state index in [2.05, 4.69) is 9.72 Å². The number of H-pyrrole nitrogens is 1. The average Bonchev–Trinajstić information content (AvgIpc) is 2.83. The van der Waals surface area contributed by atoms with E-state index in [9.17, 15) is 14.4 Å². The van der Waals surface area contributed by atoms with E-state index in [0.29, 0.717) is 23.2 Å². The van der Waals surface area contributed by atoms with Crippen LogP contribution >= 0.6 is 0 Å². The molecule has 0 saturated heterocycles. The number of methoxy groups -OCH3 is 1. The third-order valence-corrected chi connectivity index (χ3v) is 4.15. The van der Waals surface area contributed by atoms with E-state index in [1.165, 1.54) is 12.0 Å². The number of Topliss-reactive ketones (excluding diaryl/α,β-unsaturated/α-hetero) is 1. The summed E-state index contributed by atoms with van der Waals surface area (Å²) in [5.74, 6) is -0.863. The Morgan fingerprint density at radius 1 is 1.36 bits per heavy atom. The number of carbonyl (C=O) groups excluding carboxylic acids is 3. The van der Waals surface area contributed by atoms with Gasteiger partial charge in [0.05, 0.1) is 13.0 Å². The van der Waals surface area contributed by atoms with Crippen LogP contribution < -0.4 is 0 Å². The molecule has 1 N–H and O–H groups in total. The number of ketones is 1. The molecule has 0 radical (unpaired) electrons. The van der Waals surface area contributed by atoms with Gasteiger partial charge in [-0.3, -0.25) is 14.4 Å². The van der Waals surface area contributed by atoms with Gasteiger partial charge in [0.15, 0.2) is 5.78 Å². The molecule has 0 bridgehead atoms. The number of amides is 1. The molecule has 2 rings (SSSR count). The predicted octanol–water partition coefficient (Wildman–Crippen LogP) is 1.72. The van der Waals surface area contributed by atoms with Gasteiger partial charge in [-0.2, -0.15) is 0 Å². The van der Waals surface area contributed by atoms with Gasteiger partial charge in [0.2, 0.25) is 0 Å². The lowest BCUT2D eigenvalue weighted by molar-refractivity contribution is -0.145. The fourth-order valence-electron chi connectivity index (χ4n) is 2.95. The number of fused-ring (bicyclic) bond motifs is 1. The Kier molecular flexibility index (Phi) is 4.68. The van der Waals surface area contributed by atoms with Gasteiger partial charge in [-0.05, 0) is 25.3 Å². The number of nitrogens with zero attached hydrogens (tertiary/aromatic N) is 1. The number of nitrogens with one attached hydrogen (secondary N) is 1. The number of ether oxygens (including phenoxy) is 1. The molecule has 22 heavy (non-hydrogen) atoms. The maximum absolute atomic E-state index is 12.6. The summed E-state index contributed by atoms with van der Waals surface area (Å²) in [4.78, 5) is 40.6. The molecule has 1 aliphatic rings. The van der Waals surface area contributed by atoms with Crippen LogP contribution in [0.4, 0.5) is 0 Å². The zero-order chi connectivity index (χ0) is 16.4. The lowest BCUT2D eigenvalue weighted by Crippen LogP contribution is -2.34. The number of aromatic amines is 1. The standard InChI is InChI=1S/C16H22N2O4/c1-9(16(21)22-4)8-18(3)15(20)14-10(2)13-11(17-14)6-5-7-12(13)19/h9,17H,5-8H2,1-4H3/t9-/m0/s1. The van der Waals surface area contributed by atoms with Crippen molar-refractivity contribution in [1.29, 1.82) is 0 Å². The minimum atomic E-state index is -0.398. The van der Waals surface area contributed by atoms with Crippen molar-refractivity contribution in [2.24, 2.45) is 5.92 Å². The summed E-state index contributed by atoms with van der Waals surface area (Å²) in [7, 11) is 2.97. The number of aromatic nitrogens is 1. The summed E-state index contributed by atoms with van der Waals surface area (Å²) in [5.41, 5.74) is 2.68. The van der Waals surface area contributed by atoms with Crippen LogP contribution in [0, 0.1) is 12.8 Å². The van der Waals surface area contributed by atoms with Gasteiger partial charge in [0.1, 0.15) is 5.69 Å². The first-order valence-corrected chi connectivity index (χ1v) is 7.44. The highest BCUT2D eigenvalue weighted by Crippen LogP contribution is 2.27. The molecular formula is C16H22N2O4. The summed E-state index contributed by atoms with van der Waals surface area (Å²) >= 11 is 0. The normalized spacial score (nSPS) is 15.2. The van der Waals surface area contributed by atoms with Crippen LogP contribution in [0.2, 0.25) is 0 Å². The van der Waals surface area contributed by atoms with Crippen LogP contribution in [0.3, 0.4) is 0 Å². The van der Waals surface area contributed by atoms with Gasteiger partial charge in [-0.15, -0.1) is 0 Å². The van der Waals surface area contributed by atoms with Gasteiger partial charge < -0.3 is 14.6 Å². The summed E-state index contributed by atoms with van der Waals surface area (Å²) in [6.07, 6.45) is 2.14. The topological polar surface area (TPSA) is 79.5 Å². The van der Waals surface area contributed by atoms with Crippen molar-refractivity contribution in [1.82, 2.24) is 9.88 Å². The molecule has 1 heterocycles. The highest BCUT2D eigenvalue weighted by atomic mass is 16.5. The van der Waals surface area contributed by atoms with Crippen molar-refractivity contribution in [3.63, 3.8) is 0 Å². The van der Waals surface area contributed by atoms with Crippen LogP contribution in [-0.4, -0.2) is 48.2 Å². The molecule has 0 saturated carbocycles. The molecule has 1 aromatic heterocycles. The van der Waals surface area contributed by atoms with Crippen molar-refractivity contribution >= 4 is 17.7 Å². The minimum absolute atomic E-state index is 0.0969. The monoisotopic (exact) mass is 306 g/mol. The summed E-state index contributed by atoms with van der Waals surface area (Å²) in [6.45, 7) is 3.78. The van der Waals surface area contributed by atoms with Crippen LogP contribution in [0.15, 0.2) is 0 Å². The first-order chi connectivity index (χ1) is 10.4. The van der Waals surface area contributed by atoms with Crippen molar-refractivity contribution in [2.45, 2.75) is 33.1 Å². The van der Waals surface area contributed by atoms with Crippen molar-refractivity contribution in [3.05, 3.63) is 22.5 Å². The first kappa shape index (κ1) is 16.3. The number of aryl methyl sites for hydroxylation is 1. The second kappa shape index (κ2) is 6.34. The van der Waals surface area contributed by atoms with E-state index >= 15 is 0 Å². The Hall–Kier alpha value is -2.11. The lowest BCUT2D eigenvalue weighted by atomic mass is 9.94. The zero-order valence-corrected chi connectivity index (χ0v) is 13.5. The second-order valence-electron chi connectivity index (χ2n) is 5.87. The molecule has 6 nitrogen and oxygen atoms in total. The molecule has 1 amide bonds. The van der Waals surface area contributed by atoms with E-state index in [-0.39, 0.29) is 24.2 Å². The number of hydrogen-bond donors (Lipinski definition) is 1. The van der Waals surface area contributed by atoms with Gasteiger partial charge in [-0.1, -0.05) is 6.92 Å². The van der Waals surface area contributed by atoms with E-state index < -0.39 is 5.92 Å². The molecule has 1 aromatic rings. The highest BCUT2D eigenvalue weighted by Gasteiger charge is 2.28. The molecule has 120 valence electrons. The van der Waals surface area contributed by atoms with Crippen LogP contribution in [0.25, 0.3) is 0 Å². The Labute approximate surface area is 129 Å². The van der Waals surface area contributed by atoms with Gasteiger partial charge in [0, 0.05) is 31.3 Å². The smallest absolute Gasteiger partial charge is 0.310 e. The summed E-state index contributed by atoms with van der Waals surface area (Å²) in [5, 5.41) is 0. The molecule has 1 atom stereocenters. The Bertz CT molecular complexity index is 618. The molecule has 1 aliphatic carbocycles. The Morgan fingerprint density at radius 2 is 2.05 bits per heavy atom. The summed E-state index contributed by atoms with van der Waals surface area (Å²) < 4.78 is 4.67. The fourth-order valence-corrected chi connectivity index (χ4v) is 2.95. The van der Waals surface area contributed by atoms with Crippen molar-refractivity contribution < 1.29 is 19.1 Å². The van der Waals surface area contributed by atoms with Crippen molar-refractivity contribution in [3.8, 4) is 0 Å². The zero-order valence-electron chi connectivity index (χ0n) is 13.5. The third kappa shape index (κ3) is 2.91. The maximum atomic E-state index is 12.6. The number of rotatable bonds is 4. The average molecular weight is 306 g/mol. The Morgan fingerprint density at radius 3 is 2.64 bits per heavy atom. The van der Waals surface area contributed by atoms with Gasteiger partial charge >= 0.3 is 5.97 Å². The van der Waals surface area contributed by atoms with Gasteiger partial charge in [-0.25, -0.2) is 0 Å². The largest absolute Gasteiger partial charge is 0.469 e. The SMILES string of the molecule is COC(=O)[C@@H](C)CN(C)C(=O)c1[nH]c2c(c1C)C(=O)CCC2. The molecule has 0 unspecified atom stereocenters. The highest BCUT2D eigenvalue weighted by molar-refractivity contribution is 6.04. The molecule has 0 spiro atoms. The lowest BCUT2D eigenvalue weighted by Gasteiger charge is -2.20.